The zero-order valence-corrected chi connectivity index (χ0v) is 10.6. The molecule has 0 fully saturated rings. The van der Waals surface area contributed by atoms with Gasteiger partial charge in [-0.2, -0.15) is 0 Å². The first kappa shape index (κ1) is 12.4. The second-order valence-electron chi connectivity index (χ2n) is 4.12. The van der Waals surface area contributed by atoms with Gasteiger partial charge in [-0.25, -0.2) is 0 Å². The maximum atomic E-state index is 10.9. The SMILES string of the molecule is COc1ccc2cncc(CCNC(C)=O)c2c1. The summed E-state index contributed by atoms with van der Waals surface area (Å²) in [5, 5.41) is 4.99. The van der Waals surface area contributed by atoms with E-state index < -0.39 is 0 Å². The van der Waals surface area contributed by atoms with E-state index in [0.717, 1.165) is 28.5 Å². The number of hydrogen-bond donors (Lipinski definition) is 1. The van der Waals surface area contributed by atoms with Crippen molar-refractivity contribution in [2.45, 2.75) is 13.3 Å². The fourth-order valence-electron chi connectivity index (χ4n) is 1.90. The Hall–Kier alpha value is -2.10. The van der Waals surface area contributed by atoms with Crippen molar-refractivity contribution in [3.05, 3.63) is 36.2 Å². The quantitative estimate of drug-likeness (QED) is 0.894. The van der Waals surface area contributed by atoms with Crippen molar-refractivity contribution in [2.24, 2.45) is 0 Å². The maximum Gasteiger partial charge on any atom is 0.216 e. The number of fused-ring (bicyclic) bond motifs is 1. The molecule has 0 atom stereocenters. The standard InChI is InChI=1S/C14H16N2O2/c1-10(17)16-6-5-12-9-15-8-11-3-4-13(18-2)7-14(11)12/h3-4,7-9H,5-6H2,1-2H3,(H,16,17). The molecule has 0 saturated carbocycles. The van der Waals surface area contributed by atoms with Gasteiger partial charge in [-0.15, -0.1) is 0 Å². The predicted molar refractivity (Wildman–Crippen MR) is 70.7 cm³/mol. The van der Waals surface area contributed by atoms with E-state index in [0.29, 0.717) is 6.54 Å². The number of nitrogens with one attached hydrogen (secondary N) is 1. The number of amides is 1. The van der Waals surface area contributed by atoms with E-state index >= 15 is 0 Å². The van der Waals surface area contributed by atoms with Crippen LogP contribution in [0.5, 0.6) is 5.75 Å². The van der Waals surface area contributed by atoms with E-state index in [2.05, 4.69) is 10.3 Å². The number of pyridine rings is 1. The molecule has 1 N–H and O–H groups in total. The molecule has 0 spiro atoms. The topological polar surface area (TPSA) is 51.2 Å². The average Bonchev–Trinajstić information content (AvgIpc) is 2.38. The van der Waals surface area contributed by atoms with Gasteiger partial charge < -0.3 is 10.1 Å². The Labute approximate surface area is 106 Å². The van der Waals surface area contributed by atoms with Crippen LogP contribution in [0.1, 0.15) is 12.5 Å². The molecule has 4 heteroatoms. The lowest BCUT2D eigenvalue weighted by Gasteiger charge is -2.08. The Kier molecular flexibility index (Phi) is 3.77. The van der Waals surface area contributed by atoms with Crippen LogP contribution in [0.2, 0.25) is 0 Å². The third-order valence-electron chi connectivity index (χ3n) is 2.82. The molecule has 0 saturated heterocycles. The summed E-state index contributed by atoms with van der Waals surface area (Å²) in [6, 6.07) is 5.91. The normalized spacial score (nSPS) is 10.3. The van der Waals surface area contributed by atoms with Crippen LogP contribution in [0.25, 0.3) is 10.8 Å². The molecular formula is C14H16N2O2. The highest BCUT2D eigenvalue weighted by Crippen LogP contribution is 2.23. The molecule has 0 bridgehead atoms. The first-order chi connectivity index (χ1) is 8.70. The van der Waals surface area contributed by atoms with Crippen LogP contribution in [0.3, 0.4) is 0 Å². The molecule has 0 aliphatic carbocycles. The third kappa shape index (κ3) is 2.77. The summed E-state index contributed by atoms with van der Waals surface area (Å²) in [4.78, 5) is 15.1. The van der Waals surface area contributed by atoms with Crippen molar-refractivity contribution in [1.82, 2.24) is 10.3 Å². The largest absolute Gasteiger partial charge is 0.497 e. The van der Waals surface area contributed by atoms with Crippen LogP contribution in [0.4, 0.5) is 0 Å². The lowest BCUT2D eigenvalue weighted by molar-refractivity contribution is -0.118. The number of aromatic nitrogens is 1. The molecule has 0 aliphatic heterocycles. The molecule has 18 heavy (non-hydrogen) atoms. The summed E-state index contributed by atoms with van der Waals surface area (Å²) in [5.41, 5.74) is 1.11. The van der Waals surface area contributed by atoms with Crippen molar-refractivity contribution in [3.8, 4) is 5.75 Å². The van der Waals surface area contributed by atoms with Crippen molar-refractivity contribution in [2.75, 3.05) is 13.7 Å². The van der Waals surface area contributed by atoms with Gasteiger partial charge in [0, 0.05) is 31.2 Å². The zero-order valence-electron chi connectivity index (χ0n) is 10.6. The highest BCUT2D eigenvalue weighted by Gasteiger charge is 2.03. The second kappa shape index (κ2) is 5.49. The molecule has 2 rings (SSSR count). The minimum absolute atomic E-state index is 0.0132. The Balaban J connectivity index is 2.28. The Morgan fingerprint density at radius 2 is 2.22 bits per heavy atom. The minimum Gasteiger partial charge on any atom is -0.497 e. The number of rotatable bonds is 4. The Bertz CT molecular complexity index is 567. The van der Waals surface area contributed by atoms with Crippen molar-refractivity contribution in [1.29, 1.82) is 0 Å². The summed E-state index contributed by atoms with van der Waals surface area (Å²) in [5.74, 6) is 0.815. The molecular weight excluding hydrogens is 228 g/mol. The molecule has 1 aromatic heterocycles. The van der Waals surface area contributed by atoms with Gasteiger partial charge in [0.05, 0.1) is 7.11 Å². The van der Waals surface area contributed by atoms with Gasteiger partial charge in [-0.1, -0.05) is 0 Å². The molecule has 0 aliphatic rings. The number of carbonyl (C=O) groups is 1. The van der Waals surface area contributed by atoms with Gasteiger partial charge in [0.1, 0.15) is 5.75 Å². The molecule has 94 valence electrons. The number of benzene rings is 1. The van der Waals surface area contributed by atoms with Crippen LogP contribution in [-0.4, -0.2) is 24.5 Å². The number of nitrogens with zero attached hydrogens (tertiary/aromatic N) is 1. The summed E-state index contributed by atoms with van der Waals surface area (Å²) in [7, 11) is 1.65. The lowest BCUT2D eigenvalue weighted by atomic mass is 10.1. The van der Waals surface area contributed by atoms with Gasteiger partial charge in [-0.05, 0) is 35.6 Å². The van der Waals surface area contributed by atoms with Crippen LogP contribution in [-0.2, 0) is 11.2 Å². The van der Waals surface area contributed by atoms with Crippen molar-refractivity contribution >= 4 is 16.7 Å². The van der Waals surface area contributed by atoms with Crippen molar-refractivity contribution < 1.29 is 9.53 Å². The molecule has 2 aromatic rings. The Morgan fingerprint density at radius 3 is 2.94 bits per heavy atom. The van der Waals surface area contributed by atoms with Gasteiger partial charge in [0.15, 0.2) is 0 Å². The molecule has 4 nitrogen and oxygen atoms in total. The van der Waals surface area contributed by atoms with Crippen molar-refractivity contribution in [3.63, 3.8) is 0 Å². The summed E-state index contributed by atoms with van der Waals surface area (Å²) in [6.07, 6.45) is 4.43. The Morgan fingerprint density at radius 1 is 1.39 bits per heavy atom. The monoisotopic (exact) mass is 244 g/mol. The maximum absolute atomic E-state index is 10.9. The van der Waals surface area contributed by atoms with Gasteiger partial charge >= 0.3 is 0 Å². The van der Waals surface area contributed by atoms with Crippen LogP contribution >= 0.6 is 0 Å². The van der Waals surface area contributed by atoms with Gasteiger partial charge in [-0.3, -0.25) is 9.78 Å². The van der Waals surface area contributed by atoms with Crippen LogP contribution in [0, 0.1) is 0 Å². The van der Waals surface area contributed by atoms with Crippen LogP contribution < -0.4 is 10.1 Å². The first-order valence-electron chi connectivity index (χ1n) is 5.86. The fraction of sp³-hybridized carbons (Fsp3) is 0.286. The third-order valence-corrected chi connectivity index (χ3v) is 2.82. The van der Waals surface area contributed by atoms with E-state index in [-0.39, 0.29) is 5.91 Å². The smallest absolute Gasteiger partial charge is 0.216 e. The number of carbonyl (C=O) groups excluding carboxylic acids is 1. The number of hydrogen-bond acceptors (Lipinski definition) is 3. The summed E-state index contributed by atoms with van der Waals surface area (Å²) >= 11 is 0. The lowest BCUT2D eigenvalue weighted by Crippen LogP contribution is -2.22. The molecule has 0 unspecified atom stereocenters. The van der Waals surface area contributed by atoms with E-state index in [1.807, 2.05) is 30.6 Å². The van der Waals surface area contributed by atoms with Gasteiger partial charge in [0.25, 0.3) is 0 Å². The second-order valence-corrected chi connectivity index (χ2v) is 4.12. The highest BCUT2D eigenvalue weighted by atomic mass is 16.5. The van der Waals surface area contributed by atoms with E-state index in [4.69, 9.17) is 4.74 Å². The first-order valence-corrected chi connectivity index (χ1v) is 5.86. The van der Waals surface area contributed by atoms with Gasteiger partial charge in [0.2, 0.25) is 5.91 Å². The predicted octanol–water partition coefficient (Wildman–Crippen LogP) is 1.92. The van der Waals surface area contributed by atoms with E-state index in [1.165, 1.54) is 6.92 Å². The molecule has 0 radical (unpaired) electrons. The number of methoxy groups -OCH3 is 1. The highest BCUT2D eigenvalue weighted by molar-refractivity contribution is 5.86. The number of ether oxygens (including phenoxy) is 1. The van der Waals surface area contributed by atoms with Crippen LogP contribution in [0.15, 0.2) is 30.6 Å². The molecule has 1 heterocycles. The average molecular weight is 244 g/mol. The molecule has 1 aromatic carbocycles. The summed E-state index contributed by atoms with van der Waals surface area (Å²) in [6.45, 7) is 2.14. The van der Waals surface area contributed by atoms with E-state index in [9.17, 15) is 4.79 Å². The fourth-order valence-corrected chi connectivity index (χ4v) is 1.90. The molecule has 1 amide bonds. The minimum atomic E-state index is -0.0132. The zero-order chi connectivity index (χ0) is 13.0. The summed E-state index contributed by atoms with van der Waals surface area (Å²) < 4.78 is 5.23. The van der Waals surface area contributed by atoms with E-state index in [1.54, 1.807) is 7.11 Å².